The number of H-pyrrole nitrogens is 1. The molecule has 5 nitrogen and oxygen atoms in total. The molecular formula is C12H20N4O. The summed E-state index contributed by atoms with van der Waals surface area (Å²) in [7, 11) is 0. The van der Waals surface area contributed by atoms with Gasteiger partial charge in [0, 0.05) is 11.8 Å². The topological polar surface area (TPSA) is 69.8 Å². The fourth-order valence-electron chi connectivity index (χ4n) is 2.38. The van der Waals surface area contributed by atoms with E-state index in [1.807, 2.05) is 13.0 Å². The molecule has 2 heterocycles. The lowest BCUT2D eigenvalue weighted by atomic mass is 9.76. The molecule has 0 unspecified atom stereocenters. The highest BCUT2D eigenvalue weighted by Crippen LogP contribution is 2.33. The van der Waals surface area contributed by atoms with Crippen molar-refractivity contribution in [3.63, 3.8) is 0 Å². The van der Waals surface area contributed by atoms with Gasteiger partial charge in [-0.1, -0.05) is 6.92 Å². The summed E-state index contributed by atoms with van der Waals surface area (Å²) in [6.45, 7) is 5.84. The zero-order valence-electron chi connectivity index (χ0n) is 10.5. The molecule has 0 saturated carbocycles. The van der Waals surface area contributed by atoms with Gasteiger partial charge in [-0.2, -0.15) is 5.10 Å². The quantitative estimate of drug-likeness (QED) is 0.743. The number of carbonyl (C=O) groups excluding carboxylic acids is 1. The monoisotopic (exact) mass is 236 g/mol. The Kier molecular flexibility index (Phi) is 3.47. The second-order valence-corrected chi connectivity index (χ2v) is 4.77. The molecule has 1 fully saturated rings. The number of hydrogen-bond donors (Lipinski definition) is 3. The van der Waals surface area contributed by atoms with Crippen LogP contribution in [0.4, 0.5) is 5.82 Å². The van der Waals surface area contributed by atoms with Crippen LogP contribution in [0.3, 0.4) is 0 Å². The molecule has 3 N–H and O–H groups in total. The van der Waals surface area contributed by atoms with Crippen molar-refractivity contribution in [2.75, 3.05) is 18.4 Å². The van der Waals surface area contributed by atoms with Crippen LogP contribution in [-0.4, -0.2) is 29.2 Å². The first-order chi connectivity index (χ1) is 8.16. The lowest BCUT2D eigenvalue weighted by molar-refractivity contribution is -0.127. The Hall–Kier alpha value is -1.36. The molecule has 17 heavy (non-hydrogen) atoms. The van der Waals surface area contributed by atoms with E-state index in [9.17, 15) is 4.79 Å². The van der Waals surface area contributed by atoms with Crippen LogP contribution in [-0.2, 0) is 4.79 Å². The molecule has 0 bridgehead atoms. The number of aromatic nitrogens is 2. The van der Waals surface area contributed by atoms with Crippen LogP contribution >= 0.6 is 0 Å². The van der Waals surface area contributed by atoms with Crippen LogP contribution in [0.1, 0.15) is 31.9 Å². The Morgan fingerprint density at radius 1 is 1.53 bits per heavy atom. The van der Waals surface area contributed by atoms with Gasteiger partial charge in [0.1, 0.15) is 0 Å². The van der Waals surface area contributed by atoms with E-state index in [2.05, 4.69) is 27.8 Å². The number of aryl methyl sites for hydroxylation is 1. The van der Waals surface area contributed by atoms with Crippen molar-refractivity contribution >= 4 is 11.7 Å². The number of hydrogen-bond acceptors (Lipinski definition) is 3. The van der Waals surface area contributed by atoms with Crippen molar-refractivity contribution in [3.8, 4) is 0 Å². The number of carbonyl (C=O) groups is 1. The van der Waals surface area contributed by atoms with Crippen molar-refractivity contribution in [1.82, 2.24) is 15.5 Å². The minimum atomic E-state index is -0.224. The van der Waals surface area contributed by atoms with Gasteiger partial charge in [0.25, 0.3) is 0 Å². The lowest BCUT2D eigenvalue weighted by Gasteiger charge is -2.35. The first-order valence-electron chi connectivity index (χ1n) is 6.20. The molecule has 1 saturated heterocycles. The molecule has 0 atom stereocenters. The van der Waals surface area contributed by atoms with E-state index in [1.165, 1.54) is 0 Å². The van der Waals surface area contributed by atoms with Crippen molar-refractivity contribution in [2.24, 2.45) is 5.41 Å². The molecule has 94 valence electrons. The van der Waals surface area contributed by atoms with Crippen LogP contribution in [0, 0.1) is 12.3 Å². The third-order valence-electron chi connectivity index (χ3n) is 3.67. The number of anilines is 1. The second-order valence-electron chi connectivity index (χ2n) is 4.77. The number of nitrogens with one attached hydrogen (secondary N) is 3. The number of amides is 1. The summed E-state index contributed by atoms with van der Waals surface area (Å²) in [6, 6.07) is 1.85. The van der Waals surface area contributed by atoms with Gasteiger partial charge < -0.3 is 10.6 Å². The highest BCUT2D eigenvalue weighted by Gasteiger charge is 2.37. The fourth-order valence-corrected chi connectivity index (χ4v) is 2.38. The molecular weight excluding hydrogens is 216 g/mol. The molecule has 1 aliphatic rings. The van der Waals surface area contributed by atoms with Gasteiger partial charge in [0.2, 0.25) is 5.91 Å². The summed E-state index contributed by atoms with van der Waals surface area (Å²) in [6.07, 6.45) is 2.68. The summed E-state index contributed by atoms with van der Waals surface area (Å²) >= 11 is 0. The average molecular weight is 236 g/mol. The predicted octanol–water partition coefficient (Wildman–Crippen LogP) is 1.44. The molecule has 1 aliphatic heterocycles. The molecule has 1 aromatic rings. The smallest absolute Gasteiger partial charge is 0.231 e. The Morgan fingerprint density at radius 2 is 2.24 bits per heavy atom. The number of rotatable bonds is 3. The highest BCUT2D eigenvalue weighted by molar-refractivity contribution is 5.94. The van der Waals surface area contributed by atoms with E-state index in [4.69, 9.17) is 0 Å². The Bertz CT molecular complexity index is 393. The third-order valence-corrected chi connectivity index (χ3v) is 3.67. The van der Waals surface area contributed by atoms with Crippen molar-refractivity contribution < 1.29 is 4.79 Å². The summed E-state index contributed by atoms with van der Waals surface area (Å²) < 4.78 is 0. The predicted molar refractivity (Wildman–Crippen MR) is 66.8 cm³/mol. The number of aromatic amines is 1. The summed E-state index contributed by atoms with van der Waals surface area (Å²) in [5.41, 5.74) is 0.731. The minimum absolute atomic E-state index is 0.105. The van der Waals surface area contributed by atoms with E-state index in [-0.39, 0.29) is 11.3 Å². The van der Waals surface area contributed by atoms with E-state index < -0.39 is 0 Å². The standard InChI is InChI=1S/C12H20N4O/c1-3-12(4-6-13-7-5-12)11(17)14-10-8-9(2)15-16-10/h8,13H,3-7H2,1-2H3,(H2,14,15,16,17). The van der Waals surface area contributed by atoms with E-state index >= 15 is 0 Å². The Labute approximate surface area is 101 Å². The van der Waals surface area contributed by atoms with Crippen LogP contribution in [0.2, 0.25) is 0 Å². The van der Waals surface area contributed by atoms with Crippen LogP contribution < -0.4 is 10.6 Å². The maximum Gasteiger partial charge on any atom is 0.231 e. The largest absolute Gasteiger partial charge is 0.317 e. The molecule has 1 amide bonds. The third kappa shape index (κ3) is 2.49. The molecule has 2 rings (SSSR count). The SMILES string of the molecule is CCC1(C(=O)Nc2cc(C)[nH]n2)CCNCC1. The molecule has 0 radical (unpaired) electrons. The lowest BCUT2D eigenvalue weighted by Crippen LogP contribution is -2.44. The first-order valence-corrected chi connectivity index (χ1v) is 6.20. The Balaban J connectivity index is 2.07. The average Bonchev–Trinajstić information content (AvgIpc) is 2.75. The number of nitrogens with zero attached hydrogens (tertiary/aromatic N) is 1. The Morgan fingerprint density at radius 3 is 2.76 bits per heavy atom. The van der Waals surface area contributed by atoms with Gasteiger partial charge in [-0.25, -0.2) is 0 Å². The molecule has 0 aromatic carbocycles. The molecule has 1 aromatic heterocycles. The maximum absolute atomic E-state index is 12.3. The van der Waals surface area contributed by atoms with Gasteiger partial charge >= 0.3 is 0 Å². The zero-order valence-corrected chi connectivity index (χ0v) is 10.5. The van der Waals surface area contributed by atoms with Crippen LogP contribution in [0.15, 0.2) is 6.07 Å². The zero-order chi connectivity index (χ0) is 12.3. The van der Waals surface area contributed by atoms with Crippen LogP contribution in [0.5, 0.6) is 0 Å². The van der Waals surface area contributed by atoms with E-state index in [0.717, 1.165) is 38.0 Å². The van der Waals surface area contributed by atoms with Crippen molar-refractivity contribution in [2.45, 2.75) is 33.1 Å². The van der Waals surface area contributed by atoms with Gasteiger partial charge in [0.15, 0.2) is 5.82 Å². The normalized spacial score (nSPS) is 18.9. The minimum Gasteiger partial charge on any atom is -0.317 e. The highest BCUT2D eigenvalue weighted by atomic mass is 16.2. The number of piperidine rings is 1. The van der Waals surface area contributed by atoms with Crippen molar-refractivity contribution in [1.29, 1.82) is 0 Å². The van der Waals surface area contributed by atoms with Gasteiger partial charge in [-0.15, -0.1) is 0 Å². The maximum atomic E-state index is 12.3. The molecule has 0 aliphatic carbocycles. The van der Waals surface area contributed by atoms with Crippen LogP contribution in [0.25, 0.3) is 0 Å². The van der Waals surface area contributed by atoms with Crippen molar-refractivity contribution in [3.05, 3.63) is 11.8 Å². The summed E-state index contributed by atoms with van der Waals surface area (Å²) in [5.74, 6) is 0.729. The van der Waals surface area contributed by atoms with E-state index in [1.54, 1.807) is 0 Å². The van der Waals surface area contributed by atoms with Gasteiger partial charge in [-0.05, 0) is 39.3 Å². The van der Waals surface area contributed by atoms with Gasteiger partial charge in [0.05, 0.1) is 5.41 Å². The fraction of sp³-hybridized carbons (Fsp3) is 0.667. The molecule has 5 heteroatoms. The van der Waals surface area contributed by atoms with E-state index in [0.29, 0.717) is 5.82 Å². The summed E-state index contributed by atoms with van der Waals surface area (Å²) in [5, 5.41) is 13.1. The first kappa shape index (κ1) is 12.1. The second kappa shape index (κ2) is 4.87. The molecule has 0 spiro atoms. The summed E-state index contributed by atoms with van der Waals surface area (Å²) in [4.78, 5) is 12.3. The van der Waals surface area contributed by atoms with Gasteiger partial charge in [-0.3, -0.25) is 9.89 Å².